The standard InChI is InChI=1S/C26H30ClNO8/c1-14(2)36-10-9-28-22(15-11-19(33-4)25(35-6)20(12-15)34-5)21(24(30)26(28)31)23(29)17-13-16(27)7-8-18(17)32-3/h7-8,11-14,22,29H,9-10H2,1-6H3/b23-21+. The Morgan fingerprint density at radius 2 is 1.58 bits per heavy atom. The van der Waals surface area contributed by atoms with E-state index < -0.39 is 23.5 Å². The van der Waals surface area contributed by atoms with Crippen LogP contribution in [0.25, 0.3) is 5.76 Å². The van der Waals surface area contributed by atoms with Crippen LogP contribution in [0.15, 0.2) is 35.9 Å². The van der Waals surface area contributed by atoms with Crippen LogP contribution in [0.5, 0.6) is 23.0 Å². The van der Waals surface area contributed by atoms with Gasteiger partial charge in [-0.2, -0.15) is 0 Å². The van der Waals surface area contributed by atoms with E-state index in [9.17, 15) is 14.7 Å². The lowest BCUT2D eigenvalue weighted by molar-refractivity contribution is -0.140. The summed E-state index contributed by atoms with van der Waals surface area (Å²) in [5.41, 5.74) is 0.522. The number of hydrogen-bond donors (Lipinski definition) is 1. The molecule has 1 aliphatic heterocycles. The van der Waals surface area contributed by atoms with E-state index in [1.165, 1.54) is 39.4 Å². The van der Waals surface area contributed by atoms with Gasteiger partial charge < -0.3 is 33.7 Å². The normalized spacial score (nSPS) is 17.0. The Labute approximate surface area is 215 Å². The number of likely N-dealkylation sites (tertiary alicyclic amines) is 1. The second kappa shape index (κ2) is 11.5. The monoisotopic (exact) mass is 519 g/mol. The Hall–Kier alpha value is -3.43. The van der Waals surface area contributed by atoms with Gasteiger partial charge in [0.25, 0.3) is 11.7 Å². The number of ether oxygens (including phenoxy) is 5. The third-order valence-corrected chi connectivity index (χ3v) is 5.98. The van der Waals surface area contributed by atoms with Gasteiger partial charge in [0, 0.05) is 11.6 Å². The van der Waals surface area contributed by atoms with Crippen LogP contribution < -0.4 is 18.9 Å². The van der Waals surface area contributed by atoms with Gasteiger partial charge in [0.1, 0.15) is 11.5 Å². The topological polar surface area (TPSA) is 104 Å². The number of hydrogen-bond acceptors (Lipinski definition) is 8. The second-order valence-electron chi connectivity index (χ2n) is 8.22. The molecule has 2 aromatic carbocycles. The predicted octanol–water partition coefficient (Wildman–Crippen LogP) is 4.22. The largest absolute Gasteiger partial charge is 0.507 e. The number of methoxy groups -OCH3 is 4. The molecule has 1 heterocycles. The fourth-order valence-electron chi connectivity index (χ4n) is 4.11. The summed E-state index contributed by atoms with van der Waals surface area (Å²) in [6.45, 7) is 4.03. The first-order valence-corrected chi connectivity index (χ1v) is 11.6. The zero-order valence-corrected chi connectivity index (χ0v) is 21.8. The number of rotatable bonds is 10. The minimum atomic E-state index is -0.974. The van der Waals surface area contributed by atoms with Crippen molar-refractivity contribution in [1.82, 2.24) is 4.90 Å². The number of nitrogens with zero attached hydrogens (tertiary/aromatic N) is 1. The first kappa shape index (κ1) is 27.2. The molecule has 194 valence electrons. The molecule has 1 aliphatic rings. The molecular formula is C26H30ClNO8. The number of carbonyl (C=O) groups excluding carboxylic acids is 2. The van der Waals surface area contributed by atoms with Crippen LogP contribution in [0, 0.1) is 0 Å². The second-order valence-corrected chi connectivity index (χ2v) is 8.65. The summed E-state index contributed by atoms with van der Waals surface area (Å²) in [6, 6.07) is 6.93. The van der Waals surface area contributed by atoms with Crippen molar-refractivity contribution < 1.29 is 38.4 Å². The maximum atomic E-state index is 13.3. The number of Topliss-reactive ketones (excluding diaryl/α,β-unsaturated/α-hetero) is 1. The van der Waals surface area contributed by atoms with E-state index in [4.69, 9.17) is 35.3 Å². The van der Waals surface area contributed by atoms with Crippen molar-refractivity contribution in [1.29, 1.82) is 0 Å². The molecule has 3 rings (SSSR count). The summed E-state index contributed by atoms with van der Waals surface area (Å²) in [5.74, 6) is -0.747. The van der Waals surface area contributed by atoms with Crippen LogP contribution >= 0.6 is 11.6 Å². The van der Waals surface area contributed by atoms with Gasteiger partial charge in [-0.1, -0.05) is 11.6 Å². The van der Waals surface area contributed by atoms with Crippen molar-refractivity contribution in [2.45, 2.75) is 26.0 Å². The van der Waals surface area contributed by atoms with Crippen molar-refractivity contribution in [2.24, 2.45) is 0 Å². The molecule has 9 nitrogen and oxygen atoms in total. The Balaban J connectivity index is 2.27. The van der Waals surface area contributed by atoms with Gasteiger partial charge in [0.15, 0.2) is 11.5 Å². The molecule has 1 unspecified atom stereocenters. The summed E-state index contributed by atoms with van der Waals surface area (Å²) < 4.78 is 27.4. The lowest BCUT2D eigenvalue weighted by atomic mass is 9.94. The SMILES string of the molecule is COc1ccc(Cl)cc1/C(O)=C1\C(=O)C(=O)N(CCOC(C)C)C1c1cc(OC)c(OC)c(OC)c1. The molecule has 0 radical (unpaired) electrons. The first-order valence-electron chi connectivity index (χ1n) is 11.2. The highest BCUT2D eigenvalue weighted by molar-refractivity contribution is 6.46. The maximum Gasteiger partial charge on any atom is 0.295 e. The molecule has 10 heteroatoms. The number of carbonyl (C=O) groups is 2. The quantitative estimate of drug-likeness (QED) is 0.283. The Kier molecular flexibility index (Phi) is 8.70. The molecule has 1 fully saturated rings. The summed E-state index contributed by atoms with van der Waals surface area (Å²) in [5, 5.41) is 11.7. The molecule has 0 aromatic heterocycles. The van der Waals surface area contributed by atoms with Crippen LogP contribution in [0.4, 0.5) is 0 Å². The molecule has 2 aromatic rings. The molecule has 0 bridgehead atoms. The molecule has 0 spiro atoms. The highest BCUT2D eigenvalue weighted by Gasteiger charge is 2.46. The average Bonchev–Trinajstić information content (AvgIpc) is 3.12. The van der Waals surface area contributed by atoms with Gasteiger partial charge in [-0.3, -0.25) is 9.59 Å². The number of benzene rings is 2. The smallest absolute Gasteiger partial charge is 0.295 e. The zero-order valence-electron chi connectivity index (χ0n) is 21.1. The number of ketones is 1. The lowest BCUT2D eigenvalue weighted by Crippen LogP contribution is -2.33. The average molecular weight is 520 g/mol. The molecule has 0 aliphatic carbocycles. The minimum absolute atomic E-state index is 0.0721. The first-order chi connectivity index (χ1) is 17.2. The van der Waals surface area contributed by atoms with Crippen molar-refractivity contribution in [3.05, 3.63) is 52.1 Å². The fourth-order valence-corrected chi connectivity index (χ4v) is 4.29. The fraction of sp³-hybridized carbons (Fsp3) is 0.385. The lowest BCUT2D eigenvalue weighted by Gasteiger charge is -2.27. The van der Waals surface area contributed by atoms with Gasteiger partial charge in [-0.15, -0.1) is 0 Å². The van der Waals surface area contributed by atoms with Crippen molar-refractivity contribution in [3.63, 3.8) is 0 Å². The summed E-state index contributed by atoms with van der Waals surface area (Å²) >= 11 is 6.17. The highest BCUT2D eigenvalue weighted by atomic mass is 35.5. The molecule has 0 saturated carbocycles. The molecule has 1 saturated heterocycles. The van der Waals surface area contributed by atoms with Crippen LogP contribution in [-0.4, -0.2) is 69.4 Å². The summed E-state index contributed by atoms with van der Waals surface area (Å²) in [7, 11) is 5.83. The van der Waals surface area contributed by atoms with E-state index >= 15 is 0 Å². The molecule has 1 amide bonds. The van der Waals surface area contributed by atoms with Crippen LogP contribution in [0.3, 0.4) is 0 Å². The van der Waals surface area contributed by atoms with Crippen LogP contribution in [-0.2, 0) is 14.3 Å². The number of halogens is 1. The van der Waals surface area contributed by atoms with Crippen LogP contribution in [0.2, 0.25) is 5.02 Å². The number of aliphatic hydroxyl groups is 1. The van der Waals surface area contributed by atoms with Gasteiger partial charge in [-0.05, 0) is 49.7 Å². The Morgan fingerprint density at radius 3 is 2.11 bits per heavy atom. The molecule has 1 atom stereocenters. The number of amides is 1. The summed E-state index contributed by atoms with van der Waals surface area (Å²) in [6.07, 6.45) is -0.0721. The zero-order chi connectivity index (χ0) is 26.6. The van der Waals surface area contributed by atoms with E-state index in [0.717, 1.165) is 0 Å². The van der Waals surface area contributed by atoms with Crippen molar-refractivity contribution >= 4 is 29.1 Å². The van der Waals surface area contributed by atoms with E-state index in [0.29, 0.717) is 27.8 Å². The van der Waals surface area contributed by atoms with E-state index in [1.807, 2.05) is 13.8 Å². The van der Waals surface area contributed by atoms with Crippen molar-refractivity contribution in [2.75, 3.05) is 41.6 Å². The summed E-state index contributed by atoms with van der Waals surface area (Å²) in [4.78, 5) is 27.9. The van der Waals surface area contributed by atoms with Gasteiger partial charge in [0.2, 0.25) is 5.75 Å². The van der Waals surface area contributed by atoms with Crippen LogP contribution in [0.1, 0.15) is 31.0 Å². The third kappa shape index (κ3) is 5.22. The maximum absolute atomic E-state index is 13.3. The third-order valence-electron chi connectivity index (χ3n) is 5.74. The van der Waals surface area contributed by atoms with Gasteiger partial charge in [0.05, 0.1) is 58.3 Å². The predicted molar refractivity (Wildman–Crippen MR) is 134 cm³/mol. The van der Waals surface area contributed by atoms with Gasteiger partial charge in [-0.25, -0.2) is 0 Å². The Bertz CT molecular complexity index is 1150. The minimum Gasteiger partial charge on any atom is -0.507 e. The van der Waals surface area contributed by atoms with E-state index in [-0.39, 0.29) is 36.1 Å². The van der Waals surface area contributed by atoms with Crippen molar-refractivity contribution in [3.8, 4) is 23.0 Å². The van der Waals surface area contributed by atoms with E-state index in [2.05, 4.69) is 0 Å². The van der Waals surface area contributed by atoms with Gasteiger partial charge >= 0.3 is 0 Å². The van der Waals surface area contributed by atoms with E-state index in [1.54, 1.807) is 24.3 Å². The molecule has 1 N–H and O–H groups in total. The Morgan fingerprint density at radius 1 is 0.972 bits per heavy atom. The highest BCUT2D eigenvalue weighted by Crippen LogP contribution is 2.46. The molecular weight excluding hydrogens is 490 g/mol. The number of aliphatic hydroxyl groups excluding tert-OH is 1. The molecule has 36 heavy (non-hydrogen) atoms.